The first kappa shape index (κ1) is 17.0. The Morgan fingerprint density at radius 1 is 1.42 bits per heavy atom. The summed E-state index contributed by atoms with van der Waals surface area (Å²) in [5.41, 5.74) is -1.88. The molecule has 0 bridgehead atoms. The summed E-state index contributed by atoms with van der Waals surface area (Å²) in [5, 5.41) is 32.4. The van der Waals surface area contributed by atoms with Gasteiger partial charge in [0.2, 0.25) is 12.0 Å². The van der Waals surface area contributed by atoms with E-state index in [0.717, 1.165) is 6.33 Å². The Morgan fingerprint density at radius 2 is 2.15 bits per heavy atom. The summed E-state index contributed by atoms with van der Waals surface area (Å²) >= 11 is 0. The first-order valence-corrected chi connectivity index (χ1v) is 7.78. The predicted molar refractivity (Wildman–Crippen MR) is 83.0 cm³/mol. The highest BCUT2D eigenvalue weighted by Crippen LogP contribution is 2.41. The number of anilines is 1. The van der Waals surface area contributed by atoms with Crippen molar-refractivity contribution in [3.05, 3.63) is 18.1 Å². The van der Waals surface area contributed by atoms with Gasteiger partial charge >= 0.3 is 0 Å². The van der Waals surface area contributed by atoms with Gasteiger partial charge in [0.1, 0.15) is 35.6 Å². The zero-order chi connectivity index (χ0) is 18.8. The van der Waals surface area contributed by atoms with Crippen molar-refractivity contribution in [3.63, 3.8) is 0 Å². The monoisotopic (exact) mass is 366 g/mol. The minimum Gasteiger partial charge on any atom is -0.394 e. The minimum atomic E-state index is -2.41. The van der Waals surface area contributed by atoms with E-state index >= 15 is 0 Å². The number of rotatable bonds is 2. The van der Waals surface area contributed by atoms with Crippen molar-refractivity contribution >= 4 is 28.5 Å². The normalized spacial score (nSPS) is 34.2. The second kappa shape index (κ2) is 5.51. The van der Waals surface area contributed by atoms with Gasteiger partial charge in [-0.3, -0.25) is 9.59 Å². The molecule has 138 valence electrons. The van der Waals surface area contributed by atoms with Crippen LogP contribution in [0.4, 0.5) is 10.2 Å². The molecule has 2 aromatic rings. The van der Waals surface area contributed by atoms with E-state index in [4.69, 9.17) is 4.74 Å². The zero-order valence-corrected chi connectivity index (χ0v) is 13.5. The average molecular weight is 366 g/mol. The fourth-order valence-corrected chi connectivity index (χ4v) is 3.37. The number of nitrogens with one attached hydrogen (secondary N) is 1. The van der Waals surface area contributed by atoms with Crippen molar-refractivity contribution < 1.29 is 34.0 Å². The van der Waals surface area contributed by atoms with Crippen molar-refractivity contribution in [2.24, 2.45) is 0 Å². The summed E-state index contributed by atoms with van der Waals surface area (Å²) in [6, 6.07) is 0. The number of hydrogen-bond acceptors (Lipinski definition) is 8. The number of ether oxygens (including phenoxy) is 1. The number of aromatic nitrogens is 3. The Kier molecular flexibility index (Phi) is 3.60. The van der Waals surface area contributed by atoms with Crippen LogP contribution in [0.5, 0.6) is 0 Å². The molecule has 4 rings (SSSR count). The van der Waals surface area contributed by atoms with Crippen molar-refractivity contribution in [2.45, 2.75) is 37.1 Å². The molecule has 11 heteroatoms. The molecular formula is C15H15FN4O6. The highest BCUT2D eigenvalue weighted by molar-refractivity contribution is 6.25. The molecule has 1 unspecified atom stereocenters. The fraction of sp³-hybridized carbons (Fsp3) is 0.467. The van der Waals surface area contributed by atoms with Gasteiger partial charge in [-0.25, -0.2) is 14.4 Å². The number of aliphatic hydroxyl groups is 3. The van der Waals surface area contributed by atoms with Crippen molar-refractivity contribution in [2.75, 3.05) is 11.9 Å². The number of ketones is 1. The average Bonchev–Trinajstić information content (AvgIpc) is 3.07. The number of carbonyl (C=O) groups excluding carboxylic acids is 2. The summed E-state index contributed by atoms with van der Waals surface area (Å²) in [7, 11) is 0. The molecule has 1 saturated heterocycles. The maximum atomic E-state index is 14.1. The minimum absolute atomic E-state index is 0.0425. The van der Waals surface area contributed by atoms with Gasteiger partial charge in [-0.15, -0.1) is 0 Å². The number of halogens is 1. The number of Topliss-reactive ketones (excluding diaryl/α,β-unsaturated/α-hetero) is 1. The Balaban J connectivity index is 1.93. The largest absolute Gasteiger partial charge is 0.394 e. The molecule has 4 heterocycles. The molecule has 2 aliphatic heterocycles. The lowest BCUT2D eigenvalue weighted by Gasteiger charge is -2.27. The van der Waals surface area contributed by atoms with Gasteiger partial charge in [0.15, 0.2) is 6.23 Å². The van der Waals surface area contributed by atoms with E-state index in [2.05, 4.69) is 15.3 Å². The summed E-state index contributed by atoms with van der Waals surface area (Å²) in [6.45, 7) is 0.765. The third-order valence-corrected chi connectivity index (χ3v) is 4.76. The van der Waals surface area contributed by atoms with Crippen LogP contribution in [0.25, 0.3) is 11.0 Å². The van der Waals surface area contributed by atoms with Gasteiger partial charge in [0, 0.05) is 6.20 Å². The zero-order valence-electron chi connectivity index (χ0n) is 13.5. The van der Waals surface area contributed by atoms with Gasteiger partial charge < -0.3 is 29.9 Å². The molecule has 5 atom stereocenters. The van der Waals surface area contributed by atoms with E-state index in [-0.39, 0.29) is 22.4 Å². The van der Waals surface area contributed by atoms with Gasteiger partial charge in [-0.05, 0) is 6.92 Å². The van der Waals surface area contributed by atoms with Crippen LogP contribution in [0.3, 0.4) is 0 Å². The highest BCUT2D eigenvalue weighted by atomic mass is 19.1. The molecule has 0 aromatic carbocycles. The predicted octanol–water partition coefficient (Wildman–Crippen LogP) is -1.09. The molecular weight excluding hydrogens is 351 g/mol. The first-order valence-electron chi connectivity index (χ1n) is 7.78. The Morgan fingerprint density at radius 3 is 2.81 bits per heavy atom. The van der Waals surface area contributed by atoms with E-state index < -0.39 is 48.5 Å². The van der Waals surface area contributed by atoms with Gasteiger partial charge in [-0.1, -0.05) is 0 Å². The summed E-state index contributed by atoms with van der Waals surface area (Å²) in [6.07, 6.45) is -3.79. The van der Waals surface area contributed by atoms with E-state index in [0.29, 0.717) is 0 Å². The maximum absolute atomic E-state index is 14.1. The highest BCUT2D eigenvalue weighted by Gasteiger charge is 2.53. The fourth-order valence-electron chi connectivity index (χ4n) is 3.37. The van der Waals surface area contributed by atoms with Crippen LogP contribution >= 0.6 is 0 Å². The molecule has 10 nitrogen and oxygen atoms in total. The molecule has 0 aliphatic carbocycles. The lowest BCUT2D eigenvalue weighted by molar-refractivity contribution is -0.119. The topological polar surface area (TPSA) is 147 Å². The third kappa shape index (κ3) is 2.11. The number of alkyl halides is 1. The van der Waals surface area contributed by atoms with Crippen LogP contribution in [0.15, 0.2) is 12.5 Å². The van der Waals surface area contributed by atoms with Gasteiger partial charge in [0.05, 0.1) is 17.6 Å². The van der Waals surface area contributed by atoms with Gasteiger partial charge in [-0.2, -0.15) is 0 Å². The number of hydrogen-bond donors (Lipinski definition) is 4. The van der Waals surface area contributed by atoms with E-state index in [1.165, 1.54) is 17.7 Å². The molecule has 0 radical (unpaired) electrons. The van der Waals surface area contributed by atoms with Crippen LogP contribution in [0.2, 0.25) is 0 Å². The number of amides is 1. The van der Waals surface area contributed by atoms with Crippen LogP contribution in [0.1, 0.15) is 23.5 Å². The van der Waals surface area contributed by atoms with Crippen LogP contribution in [-0.4, -0.2) is 72.1 Å². The Labute approximate surface area is 145 Å². The molecule has 4 N–H and O–H groups in total. The van der Waals surface area contributed by atoms with Crippen molar-refractivity contribution in [3.8, 4) is 0 Å². The van der Waals surface area contributed by atoms with Gasteiger partial charge in [0.25, 0.3) is 5.91 Å². The molecule has 0 spiro atoms. The molecule has 1 amide bonds. The van der Waals surface area contributed by atoms with E-state index in [9.17, 15) is 29.3 Å². The van der Waals surface area contributed by atoms with Crippen molar-refractivity contribution in [1.29, 1.82) is 0 Å². The second-order valence-corrected chi connectivity index (χ2v) is 6.47. The summed E-state index contributed by atoms with van der Waals surface area (Å²) < 4.78 is 20.9. The van der Waals surface area contributed by atoms with Crippen LogP contribution < -0.4 is 5.32 Å². The molecule has 1 fully saturated rings. The SMILES string of the molecule is C[C@]1(O)[C@H](O)[C@@H](CO)O[C@H]1n1cc2c3c(ncnc31)NC(=O)C(F)C2=O. The second-order valence-electron chi connectivity index (χ2n) is 6.47. The van der Waals surface area contributed by atoms with Crippen molar-refractivity contribution in [1.82, 2.24) is 14.5 Å². The number of aliphatic hydroxyl groups excluding tert-OH is 2. The number of carbonyl (C=O) groups is 2. The molecule has 2 aliphatic rings. The maximum Gasteiger partial charge on any atom is 0.268 e. The quantitative estimate of drug-likeness (QED) is 0.490. The third-order valence-electron chi connectivity index (χ3n) is 4.76. The summed E-state index contributed by atoms with van der Waals surface area (Å²) in [4.78, 5) is 31.9. The molecule has 26 heavy (non-hydrogen) atoms. The van der Waals surface area contributed by atoms with E-state index in [1.807, 2.05) is 0 Å². The Hall–Kier alpha value is -2.47. The smallest absolute Gasteiger partial charge is 0.268 e. The van der Waals surface area contributed by atoms with E-state index in [1.54, 1.807) is 0 Å². The van der Waals surface area contributed by atoms with Crippen LogP contribution in [-0.2, 0) is 9.53 Å². The Bertz CT molecular complexity index is 928. The lowest BCUT2D eigenvalue weighted by Crippen LogP contribution is -2.44. The standard InChI is InChI=1S/C15H15FN4O6/c1-15(25)10(23)6(3-21)26-14(15)20-2-5-7-11(17-4-18-12(7)20)19-13(24)8(16)9(5)22/h2,4,6,8,10,14,21,23,25H,3H2,1H3,(H,17,18,19,24)/t6-,8?,10-,14-,15+/m1/s1. The molecule has 2 aromatic heterocycles. The lowest BCUT2D eigenvalue weighted by atomic mass is 9.96. The molecule has 0 saturated carbocycles. The number of nitrogens with zero attached hydrogens (tertiary/aromatic N) is 3. The van der Waals surface area contributed by atoms with Crippen LogP contribution in [0, 0.1) is 0 Å². The first-order chi connectivity index (χ1) is 12.3. The summed E-state index contributed by atoms with van der Waals surface area (Å²) in [5.74, 6) is -2.24.